The van der Waals surface area contributed by atoms with E-state index in [1.54, 1.807) is 32.0 Å². The quantitative estimate of drug-likeness (QED) is 0.0288. The van der Waals surface area contributed by atoms with Crippen molar-refractivity contribution in [2.24, 2.45) is 11.8 Å². The number of rotatable bonds is 24. The Bertz CT molecular complexity index is 2060. The van der Waals surface area contributed by atoms with E-state index in [1.165, 1.54) is 0 Å². The van der Waals surface area contributed by atoms with Crippen molar-refractivity contribution in [2.75, 3.05) is 32.0 Å². The molecule has 0 bridgehead atoms. The zero-order valence-electron chi connectivity index (χ0n) is 35.6. The number of ketones is 1. The Balaban J connectivity index is 1.82. The van der Waals surface area contributed by atoms with Crippen LogP contribution in [0.5, 0.6) is 0 Å². The van der Waals surface area contributed by atoms with Crippen LogP contribution < -0.4 is 10.6 Å². The number of carboxylic acid groups (broad SMARTS) is 1. The topological polar surface area (TPSA) is 193 Å². The van der Waals surface area contributed by atoms with Crippen molar-refractivity contribution in [1.29, 1.82) is 0 Å². The molecule has 3 atom stereocenters. The Hall–Kier alpha value is -4.69. The van der Waals surface area contributed by atoms with Crippen molar-refractivity contribution in [3.05, 3.63) is 113 Å². The van der Waals surface area contributed by atoms with Gasteiger partial charge >= 0.3 is 5.97 Å². The summed E-state index contributed by atoms with van der Waals surface area (Å²) in [5, 5.41) is 35.6. The van der Waals surface area contributed by atoms with Crippen LogP contribution >= 0.6 is 0 Å². The fraction of sp³-hybridized carbons (Fsp3) is 0.478. The number of fused-ring (bicyclic) bond motifs is 1. The lowest BCUT2D eigenvalue weighted by Crippen LogP contribution is -2.39. The van der Waals surface area contributed by atoms with Crippen LogP contribution in [0.25, 0.3) is 0 Å². The van der Waals surface area contributed by atoms with Crippen LogP contribution in [0.2, 0.25) is 0 Å². The second-order valence-electron chi connectivity index (χ2n) is 16.3. The van der Waals surface area contributed by atoms with E-state index >= 15 is 0 Å². The number of aliphatic hydroxyl groups is 2. The predicted molar refractivity (Wildman–Crippen MR) is 233 cm³/mol. The number of aromatic carboxylic acids is 1. The molecule has 0 aliphatic carbocycles. The van der Waals surface area contributed by atoms with E-state index in [0.29, 0.717) is 18.5 Å². The van der Waals surface area contributed by atoms with Crippen molar-refractivity contribution in [1.82, 2.24) is 10.6 Å². The van der Waals surface area contributed by atoms with Crippen LogP contribution in [-0.2, 0) is 25.7 Å². The number of nitrogens with zero attached hydrogens (tertiary/aromatic N) is 1. The molecule has 59 heavy (non-hydrogen) atoms. The maximum Gasteiger partial charge on any atom is 0.335 e. The molecule has 13 heteroatoms. The van der Waals surface area contributed by atoms with Gasteiger partial charge in [0.05, 0.1) is 22.8 Å². The molecular weight excluding hydrogens is 771 g/mol. The molecular formula is C46H64N3O9S+. The number of aliphatic hydroxyl groups excluding tert-OH is 2. The Kier molecular flexibility index (Phi) is 18.2. The minimum absolute atomic E-state index is 0.166. The van der Waals surface area contributed by atoms with Gasteiger partial charge in [-0.05, 0) is 69.0 Å². The van der Waals surface area contributed by atoms with Crippen molar-refractivity contribution in [3.8, 4) is 0 Å². The van der Waals surface area contributed by atoms with Crippen LogP contribution in [0, 0.1) is 11.8 Å². The maximum absolute atomic E-state index is 13.3. The molecule has 0 saturated carbocycles. The molecule has 0 aromatic heterocycles. The SMILES string of the molecule is CCCCC[N+]1=C(/C=C/C=C/C=C/C=C(/NCCCCS(=O)(=O)O)C(C)(C)c2cccc(C(=O)O)c2)C(C)(C)c2cc(C(=O)NC[C@H](C)[C@@H](O)[C@H](C)C(=O)CO)ccc21. The average Bonchev–Trinajstić information content (AvgIpc) is 3.40. The molecule has 0 fully saturated rings. The zero-order valence-corrected chi connectivity index (χ0v) is 36.4. The molecule has 6 N–H and O–H groups in total. The van der Waals surface area contributed by atoms with E-state index in [4.69, 9.17) is 9.66 Å². The number of unbranched alkanes of at least 4 members (excludes halogenated alkanes) is 3. The number of Topliss-reactive ketones (excluding diaryl/α,β-unsaturated/α-hetero) is 1. The van der Waals surface area contributed by atoms with E-state index in [1.807, 2.05) is 74.6 Å². The second-order valence-corrected chi connectivity index (χ2v) is 17.9. The minimum Gasteiger partial charge on any atom is -0.478 e. The molecule has 2 aromatic carbocycles. The monoisotopic (exact) mass is 834 g/mol. The summed E-state index contributed by atoms with van der Waals surface area (Å²) in [4.78, 5) is 36.9. The summed E-state index contributed by atoms with van der Waals surface area (Å²) in [6, 6.07) is 12.5. The first-order valence-corrected chi connectivity index (χ1v) is 22.0. The van der Waals surface area contributed by atoms with E-state index in [2.05, 4.69) is 42.1 Å². The number of carbonyl (C=O) groups is 3. The van der Waals surface area contributed by atoms with Gasteiger partial charge in [0.15, 0.2) is 11.5 Å². The molecule has 1 heterocycles. The molecule has 0 radical (unpaired) electrons. The summed E-state index contributed by atoms with van der Waals surface area (Å²) in [7, 11) is -4.05. The number of nitrogens with one attached hydrogen (secondary N) is 2. The van der Waals surface area contributed by atoms with Gasteiger partial charge in [0.25, 0.3) is 16.0 Å². The standard InChI is InChI=1S/C46H63N3O9S/c1-8-9-16-26-49-38-24-23-34(43(53)48-30-32(2)42(52)33(3)39(51)31-50)29-37(38)46(6,7)41(49)22-14-12-10-11-13-21-40(47-25-15-17-27-59(56,57)58)45(4,5)36-20-18-19-35(28-36)44(54)55/h10-14,18-24,28-29,32-33,42,50,52H,8-9,15-17,25-27,30-31H2,1-7H3,(H3,48,53,54,55,56,57,58)/p+1/t32-,33+,42+/m0/s1. The summed E-state index contributed by atoms with van der Waals surface area (Å²) < 4.78 is 33.8. The first-order valence-electron chi connectivity index (χ1n) is 20.4. The van der Waals surface area contributed by atoms with Gasteiger partial charge in [-0.3, -0.25) is 14.1 Å². The Morgan fingerprint density at radius 3 is 2.27 bits per heavy atom. The fourth-order valence-electron chi connectivity index (χ4n) is 7.19. The number of carbonyl (C=O) groups excluding carboxylic acids is 2. The molecule has 1 amide bonds. The number of allylic oxidation sites excluding steroid dienone is 8. The number of hydrogen-bond acceptors (Lipinski definition) is 8. The maximum atomic E-state index is 13.3. The highest BCUT2D eigenvalue weighted by molar-refractivity contribution is 7.85. The Labute approximate surface area is 350 Å². The van der Waals surface area contributed by atoms with Crippen LogP contribution in [0.4, 0.5) is 5.69 Å². The van der Waals surface area contributed by atoms with E-state index < -0.39 is 57.2 Å². The lowest BCUT2D eigenvalue weighted by Gasteiger charge is -2.30. The van der Waals surface area contributed by atoms with Gasteiger partial charge in [0.2, 0.25) is 5.69 Å². The highest BCUT2D eigenvalue weighted by Crippen LogP contribution is 2.41. The molecule has 1 aliphatic rings. The van der Waals surface area contributed by atoms with Gasteiger partial charge in [-0.25, -0.2) is 4.79 Å². The number of hydrogen-bond donors (Lipinski definition) is 6. The van der Waals surface area contributed by atoms with Crippen molar-refractivity contribution in [2.45, 2.75) is 97.5 Å². The lowest BCUT2D eigenvalue weighted by atomic mass is 9.80. The number of amides is 1. The van der Waals surface area contributed by atoms with Crippen LogP contribution in [-0.4, -0.2) is 94.3 Å². The average molecular weight is 835 g/mol. The summed E-state index contributed by atoms with van der Waals surface area (Å²) in [5.41, 5.74) is 4.41. The molecule has 3 rings (SSSR count). The minimum atomic E-state index is -4.05. The molecule has 12 nitrogen and oxygen atoms in total. The Morgan fingerprint density at radius 1 is 0.915 bits per heavy atom. The van der Waals surface area contributed by atoms with E-state index in [0.717, 1.165) is 54.0 Å². The second kappa shape index (κ2) is 22.1. The Morgan fingerprint density at radius 2 is 1.61 bits per heavy atom. The van der Waals surface area contributed by atoms with E-state index in [9.17, 15) is 33.0 Å². The summed E-state index contributed by atoms with van der Waals surface area (Å²) in [6.07, 6.45) is 16.6. The molecule has 1 aliphatic heterocycles. The van der Waals surface area contributed by atoms with Gasteiger partial charge in [-0.1, -0.05) is 83.6 Å². The van der Waals surface area contributed by atoms with Gasteiger partial charge in [-0.15, -0.1) is 0 Å². The number of carboxylic acids is 1. The van der Waals surface area contributed by atoms with Crippen molar-refractivity contribution >= 4 is 39.2 Å². The fourth-order valence-corrected chi connectivity index (χ4v) is 7.76. The molecule has 2 aromatic rings. The summed E-state index contributed by atoms with van der Waals surface area (Å²) in [5.74, 6) is -3.21. The van der Waals surface area contributed by atoms with Crippen LogP contribution in [0.1, 0.15) is 112 Å². The molecule has 322 valence electrons. The van der Waals surface area contributed by atoms with Crippen LogP contribution in [0.3, 0.4) is 0 Å². The highest BCUT2D eigenvalue weighted by Gasteiger charge is 2.44. The third-order valence-electron chi connectivity index (χ3n) is 11.1. The van der Waals surface area contributed by atoms with Gasteiger partial charge in [0.1, 0.15) is 13.2 Å². The number of benzene rings is 2. The first-order chi connectivity index (χ1) is 27.8. The molecule has 0 spiro atoms. The third-order valence-corrected chi connectivity index (χ3v) is 11.9. The summed E-state index contributed by atoms with van der Waals surface area (Å²) in [6.45, 7) is 14.5. The highest BCUT2D eigenvalue weighted by atomic mass is 32.2. The zero-order chi connectivity index (χ0) is 44.0. The summed E-state index contributed by atoms with van der Waals surface area (Å²) >= 11 is 0. The first kappa shape index (κ1) is 48.7. The van der Waals surface area contributed by atoms with Gasteiger partial charge < -0.3 is 26.0 Å². The molecule has 0 saturated heterocycles. The molecule has 0 unspecified atom stereocenters. The van der Waals surface area contributed by atoms with Crippen molar-refractivity contribution < 1.29 is 47.2 Å². The van der Waals surface area contributed by atoms with Gasteiger partial charge in [-0.2, -0.15) is 13.0 Å². The largest absolute Gasteiger partial charge is 0.478 e. The normalized spacial score (nSPS) is 16.1. The third kappa shape index (κ3) is 13.7. The van der Waals surface area contributed by atoms with E-state index in [-0.39, 0.29) is 30.2 Å². The van der Waals surface area contributed by atoms with Crippen LogP contribution in [0.15, 0.2) is 90.7 Å². The van der Waals surface area contributed by atoms with Crippen molar-refractivity contribution in [3.63, 3.8) is 0 Å². The lowest BCUT2D eigenvalue weighted by molar-refractivity contribution is -0.438. The smallest absolute Gasteiger partial charge is 0.335 e. The van der Waals surface area contributed by atoms with Gasteiger partial charge in [0, 0.05) is 65.7 Å². The predicted octanol–water partition coefficient (Wildman–Crippen LogP) is 6.66.